The third-order valence-corrected chi connectivity index (χ3v) is 8.11. The van der Waals surface area contributed by atoms with Crippen molar-refractivity contribution in [1.82, 2.24) is 4.31 Å². The number of methoxy groups -OCH3 is 2. The Bertz CT molecular complexity index is 1110. The van der Waals surface area contributed by atoms with Crippen molar-refractivity contribution in [2.75, 3.05) is 26.5 Å². The topological polar surface area (TPSA) is 55.8 Å². The lowest BCUT2D eigenvalue weighted by Crippen LogP contribution is -2.30. The normalized spacial score (nSPS) is 17.7. The fourth-order valence-corrected chi connectivity index (χ4v) is 6.80. The number of nitrogens with zero attached hydrogens (tertiary/aromatic N) is 1. The Kier molecular flexibility index (Phi) is 5.23. The summed E-state index contributed by atoms with van der Waals surface area (Å²) < 4.78 is 39.4. The molecule has 0 spiro atoms. The highest BCUT2D eigenvalue weighted by Gasteiger charge is 2.38. The zero-order chi connectivity index (χ0) is 19.7. The molecule has 1 heterocycles. The number of para-hydroxylation sites is 1. The average molecular weight is 416 g/mol. The molecule has 146 valence electrons. The lowest BCUT2D eigenvalue weighted by atomic mass is 10.1. The molecule has 0 aliphatic carbocycles. The summed E-state index contributed by atoms with van der Waals surface area (Å²) in [5.74, 6) is 1.89. The second-order valence-corrected chi connectivity index (χ2v) is 9.51. The van der Waals surface area contributed by atoms with Crippen molar-refractivity contribution in [2.45, 2.75) is 10.3 Å². The first-order chi connectivity index (χ1) is 13.6. The molecular formula is C21H21NO4S2. The largest absolute Gasteiger partial charge is 0.493 e. The Labute approximate surface area is 169 Å². The van der Waals surface area contributed by atoms with Crippen LogP contribution in [0.1, 0.15) is 10.9 Å². The minimum Gasteiger partial charge on any atom is -0.493 e. The number of sulfonamides is 1. The monoisotopic (exact) mass is 415 g/mol. The Hall–Kier alpha value is -2.22. The second kappa shape index (κ2) is 7.66. The molecular weight excluding hydrogens is 394 g/mol. The van der Waals surface area contributed by atoms with Gasteiger partial charge in [-0.15, -0.1) is 11.8 Å². The van der Waals surface area contributed by atoms with Gasteiger partial charge in [-0.1, -0.05) is 42.5 Å². The summed E-state index contributed by atoms with van der Waals surface area (Å²) in [5, 5.41) is 1.57. The van der Waals surface area contributed by atoms with E-state index < -0.39 is 10.0 Å². The first-order valence-electron chi connectivity index (χ1n) is 8.89. The molecule has 3 aromatic rings. The van der Waals surface area contributed by atoms with Crippen molar-refractivity contribution in [3.63, 3.8) is 0 Å². The summed E-state index contributed by atoms with van der Waals surface area (Å²) in [4.78, 5) is 0.306. The van der Waals surface area contributed by atoms with Crippen LogP contribution in [0.3, 0.4) is 0 Å². The Balaban J connectivity index is 1.77. The van der Waals surface area contributed by atoms with Crippen molar-refractivity contribution in [3.8, 4) is 11.5 Å². The molecule has 0 unspecified atom stereocenters. The van der Waals surface area contributed by atoms with Gasteiger partial charge in [0.1, 0.15) is 0 Å². The van der Waals surface area contributed by atoms with Gasteiger partial charge in [0.15, 0.2) is 11.5 Å². The van der Waals surface area contributed by atoms with Gasteiger partial charge in [-0.05, 0) is 29.0 Å². The summed E-state index contributed by atoms with van der Waals surface area (Å²) in [7, 11) is -0.507. The smallest absolute Gasteiger partial charge is 0.244 e. The highest BCUT2D eigenvalue weighted by atomic mass is 32.2. The first kappa shape index (κ1) is 19.1. The van der Waals surface area contributed by atoms with E-state index >= 15 is 0 Å². The lowest BCUT2D eigenvalue weighted by molar-refractivity contribution is 0.345. The van der Waals surface area contributed by atoms with E-state index in [4.69, 9.17) is 9.47 Å². The zero-order valence-electron chi connectivity index (χ0n) is 15.7. The molecule has 0 amide bonds. The van der Waals surface area contributed by atoms with Crippen LogP contribution in [-0.4, -0.2) is 39.2 Å². The van der Waals surface area contributed by atoms with E-state index in [2.05, 4.69) is 0 Å². The standard InChI is InChI=1S/C21H21NO4S2/c1-25-19-9-5-8-18(20(19)26-2)21-22(12-13-27-21)28(23,24)17-11-10-15-6-3-4-7-16(15)14-17/h3-11,14,21H,12-13H2,1-2H3/t21-/m0/s1. The second-order valence-electron chi connectivity index (χ2n) is 6.43. The van der Waals surface area contributed by atoms with E-state index in [1.165, 1.54) is 0 Å². The van der Waals surface area contributed by atoms with Crippen LogP contribution in [0.2, 0.25) is 0 Å². The van der Waals surface area contributed by atoms with Gasteiger partial charge < -0.3 is 9.47 Å². The van der Waals surface area contributed by atoms with Crippen molar-refractivity contribution >= 4 is 32.6 Å². The maximum atomic E-state index is 13.5. The van der Waals surface area contributed by atoms with Crippen LogP contribution in [0, 0.1) is 0 Å². The SMILES string of the molecule is COc1cccc([C@@H]2SCCN2S(=O)(=O)c2ccc3ccccc3c2)c1OC. The van der Waals surface area contributed by atoms with Gasteiger partial charge in [-0.2, -0.15) is 4.31 Å². The maximum Gasteiger partial charge on any atom is 0.244 e. The minimum absolute atomic E-state index is 0.306. The van der Waals surface area contributed by atoms with E-state index in [1.807, 2.05) is 48.5 Å². The van der Waals surface area contributed by atoms with E-state index in [9.17, 15) is 8.42 Å². The Morgan fingerprint density at radius 2 is 1.75 bits per heavy atom. The summed E-state index contributed by atoms with van der Waals surface area (Å²) in [6, 6.07) is 18.6. The van der Waals surface area contributed by atoms with E-state index in [-0.39, 0.29) is 5.37 Å². The number of hydrogen-bond acceptors (Lipinski definition) is 5. The van der Waals surface area contributed by atoms with Crippen LogP contribution in [0.15, 0.2) is 65.6 Å². The quantitative estimate of drug-likeness (QED) is 0.622. The predicted molar refractivity (Wildman–Crippen MR) is 113 cm³/mol. The Morgan fingerprint density at radius 3 is 2.50 bits per heavy atom. The molecule has 1 saturated heterocycles. The minimum atomic E-state index is -3.66. The van der Waals surface area contributed by atoms with Gasteiger partial charge in [-0.25, -0.2) is 8.42 Å². The molecule has 1 aliphatic heterocycles. The summed E-state index contributed by atoms with van der Waals surface area (Å²) >= 11 is 1.59. The van der Waals surface area contributed by atoms with Crippen molar-refractivity contribution in [3.05, 3.63) is 66.2 Å². The average Bonchev–Trinajstić information content (AvgIpc) is 3.23. The van der Waals surface area contributed by atoms with E-state index in [0.717, 1.165) is 22.1 Å². The number of benzene rings is 3. The van der Waals surface area contributed by atoms with Crippen molar-refractivity contribution in [2.24, 2.45) is 0 Å². The van der Waals surface area contributed by atoms with Gasteiger partial charge in [0.2, 0.25) is 10.0 Å². The first-order valence-corrected chi connectivity index (χ1v) is 11.4. The maximum absolute atomic E-state index is 13.5. The number of hydrogen-bond donors (Lipinski definition) is 0. The Morgan fingerprint density at radius 1 is 0.964 bits per heavy atom. The zero-order valence-corrected chi connectivity index (χ0v) is 17.3. The molecule has 1 fully saturated rings. The van der Waals surface area contributed by atoms with Crippen LogP contribution >= 0.6 is 11.8 Å². The summed E-state index contributed by atoms with van der Waals surface area (Å²) in [5.41, 5.74) is 0.800. The van der Waals surface area contributed by atoms with E-state index in [1.54, 1.807) is 42.4 Å². The van der Waals surface area contributed by atoms with Crippen LogP contribution in [0.4, 0.5) is 0 Å². The molecule has 0 bridgehead atoms. The number of rotatable bonds is 5. The molecule has 5 nitrogen and oxygen atoms in total. The van der Waals surface area contributed by atoms with E-state index in [0.29, 0.717) is 22.9 Å². The molecule has 1 aliphatic rings. The third kappa shape index (κ3) is 3.23. The van der Waals surface area contributed by atoms with Gasteiger partial charge in [0, 0.05) is 17.9 Å². The molecule has 4 rings (SSSR count). The highest BCUT2D eigenvalue weighted by molar-refractivity contribution is 8.01. The van der Waals surface area contributed by atoms with Crippen molar-refractivity contribution < 1.29 is 17.9 Å². The number of fused-ring (bicyclic) bond motifs is 1. The summed E-state index contributed by atoms with van der Waals surface area (Å²) in [6.45, 7) is 0.449. The van der Waals surface area contributed by atoms with Gasteiger partial charge >= 0.3 is 0 Å². The molecule has 1 atom stereocenters. The lowest BCUT2D eigenvalue weighted by Gasteiger charge is -2.25. The van der Waals surface area contributed by atoms with Gasteiger partial charge in [-0.3, -0.25) is 0 Å². The molecule has 7 heteroatoms. The van der Waals surface area contributed by atoms with Gasteiger partial charge in [0.25, 0.3) is 0 Å². The van der Waals surface area contributed by atoms with Crippen molar-refractivity contribution in [1.29, 1.82) is 0 Å². The molecule has 28 heavy (non-hydrogen) atoms. The number of ether oxygens (including phenoxy) is 2. The summed E-state index contributed by atoms with van der Waals surface area (Å²) in [6.07, 6.45) is 0. The molecule has 0 radical (unpaired) electrons. The molecule has 0 saturated carbocycles. The van der Waals surface area contributed by atoms with Crippen LogP contribution < -0.4 is 9.47 Å². The third-order valence-electron chi connectivity index (χ3n) is 4.88. The predicted octanol–water partition coefficient (Wildman–Crippen LogP) is 4.29. The molecule has 3 aromatic carbocycles. The van der Waals surface area contributed by atoms with Crippen LogP contribution in [-0.2, 0) is 10.0 Å². The molecule has 0 N–H and O–H groups in total. The highest BCUT2D eigenvalue weighted by Crippen LogP contribution is 2.47. The van der Waals surface area contributed by atoms with Crippen LogP contribution in [0.25, 0.3) is 10.8 Å². The molecule has 0 aromatic heterocycles. The fraction of sp³-hybridized carbons (Fsp3) is 0.238. The fourth-order valence-electron chi connectivity index (χ4n) is 3.52. The van der Waals surface area contributed by atoms with Crippen LogP contribution in [0.5, 0.6) is 11.5 Å². The van der Waals surface area contributed by atoms with Gasteiger partial charge in [0.05, 0.1) is 24.5 Å². The number of thioether (sulfide) groups is 1.